The maximum Gasteiger partial charge on any atom is 0.282 e. The lowest BCUT2D eigenvalue weighted by molar-refractivity contribution is -0.128. The zero-order valence-electron chi connectivity index (χ0n) is 24.0. The van der Waals surface area contributed by atoms with E-state index in [1.165, 1.54) is 11.2 Å². The van der Waals surface area contributed by atoms with E-state index >= 15 is 0 Å². The van der Waals surface area contributed by atoms with Crippen molar-refractivity contribution in [3.63, 3.8) is 0 Å². The molecule has 0 bridgehead atoms. The molecular weight excluding hydrogens is 609 g/mol. The van der Waals surface area contributed by atoms with Crippen molar-refractivity contribution in [1.82, 2.24) is 19.9 Å². The summed E-state index contributed by atoms with van der Waals surface area (Å²) in [5, 5.41) is 0.700. The average molecular weight is 639 g/mol. The number of rotatable bonds is 8. The molecule has 1 amide bonds. The first-order valence-corrected chi connectivity index (χ1v) is 15.9. The van der Waals surface area contributed by atoms with E-state index in [0.717, 1.165) is 37.8 Å². The molecule has 2 aromatic carbocycles. The van der Waals surface area contributed by atoms with Gasteiger partial charge in [-0.25, -0.2) is 36.5 Å². The van der Waals surface area contributed by atoms with Gasteiger partial charge in [0.1, 0.15) is 40.5 Å². The minimum absolute atomic E-state index is 0.00278. The molecule has 4 aromatic rings. The van der Waals surface area contributed by atoms with Crippen molar-refractivity contribution >= 4 is 38.3 Å². The molecule has 0 spiro atoms. The Bertz CT molecular complexity index is 1890. The van der Waals surface area contributed by atoms with Crippen LogP contribution >= 0.6 is 0 Å². The molecule has 1 aliphatic heterocycles. The van der Waals surface area contributed by atoms with Crippen LogP contribution in [-0.4, -0.2) is 66.5 Å². The molecule has 45 heavy (non-hydrogen) atoms. The summed E-state index contributed by atoms with van der Waals surface area (Å²) in [4.78, 5) is 28.0. The van der Waals surface area contributed by atoms with Crippen molar-refractivity contribution in [1.29, 1.82) is 0 Å². The molecule has 0 unspecified atom stereocenters. The highest BCUT2D eigenvalue weighted by Crippen LogP contribution is 2.35. The SMILES string of the molecule is C=C(F)C(=O)N1CCN(c2ncnc3ccc(-c4cnc(OC5CCCC5)c(NS(=O)(=O)c5ccc(F)cc5F)c4)cc23)CC1. The monoisotopic (exact) mass is 638 g/mol. The molecule has 2 aliphatic rings. The van der Waals surface area contributed by atoms with Crippen molar-refractivity contribution in [2.45, 2.75) is 36.7 Å². The first-order valence-electron chi connectivity index (χ1n) is 14.4. The number of ether oxygens (including phenoxy) is 1. The van der Waals surface area contributed by atoms with E-state index in [9.17, 15) is 26.4 Å². The number of carbonyl (C=O) groups is 1. The summed E-state index contributed by atoms with van der Waals surface area (Å²) in [7, 11) is -4.48. The second kappa shape index (κ2) is 12.3. The second-order valence-electron chi connectivity index (χ2n) is 10.9. The quantitative estimate of drug-likeness (QED) is 0.261. The van der Waals surface area contributed by atoms with Crippen LogP contribution in [0.15, 0.2) is 72.3 Å². The van der Waals surface area contributed by atoms with Crippen LogP contribution in [0.4, 0.5) is 24.7 Å². The summed E-state index contributed by atoms with van der Waals surface area (Å²) in [6.45, 7) is 4.50. The number of sulfonamides is 1. The number of carbonyl (C=O) groups excluding carboxylic acids is 1. The summed E-state index contributed by atoms with van der Waals surface area (Å²) in [6, 6.07) is 9.22. The maximum absolute atomic E-state index is 14.5. The number of hydrogen-bond acceptors (Lipinski definition) is 8. The van der Waals surface area contributed by atoms with Gasteiger partial charge in [0, 0.05) is 49.4 Å². The Morgan fingerprint density at radius 1 is 0.956 bits per heavy atom. The van der Waals surface area contributed by atoms with E-state index in [2.05, 4.69) is 26.3 Å². The number of benzene rings is 2. The Kier molecular flexibility index (Phi) is 8.32. The molecular formula is C31H29F3N6O4S. The van der Waals surface area contributed by atoms with Gasteiger partial charge in [-0.3, -0.25) is 9.52 Å². The molecule has 0 radical (unpaired) electrons. The van der Waals surface area contributed by atoms with Gasteiger partial charge in [-0.1, -0.05) is 12.6 Å². The molecule has 0 atom stereocenters. The average Bonchev–Trinajstić information content (AvgIpc) is 3.54. The number of nitrogens with one attached hydrogen (secondary N) is 1. The van der Waals surface area contributed by atoms with Gasteiger partial charge in [-0.15, -0.1) is 0 Å². The maximum atomic E-state index is 14.5. The fourth-order valence-electron chi connectivity index (χ4n) is 5.60. The number of nitrogens with zero attached hydrogens (tertiary/aromatic N) is 5. The van der Waals surface area contributed by atoms with Gasteiger partial charge in [0.25, 0.3) is 15.9 Å². The van der Waals surface area contributed by atoms with Gasteiger partial charge in [-0.05, 0) is 61.6 Å². The van der Waals surface area contributed by atoms with Crippen molar-refractivity contribution in [3.05, 3.63) is 79.0 Å². The van der Waals surface area contributed by atoms with E-state index in [-0.39, 0.29) is 30.8 Å². The Morgan fingerprint density at radius 3 is 2.42 bits per heavy atom. The lowest BCUT2D eigenvalue weighted by Gasteiger charge is -2.35. The molecule has 2 aromatic heterocycles. The lowest BCUT2D eigenvalue weighted by atomic mass is 10.0. The second-order valence-corrected chi connectivity index (χ2v) is 12.5. The Labute approximate surface area is 257 Å². The number of fused-ring (bicyclic) bond motifs is 1. The normalized spacial score (nSPS) is 15.8. The summed E-state index contributed by atoms with van der Waals surface area (Å²) >= 11 is 0. The summed E-state index contributed by atoms with van der Waals surface area (Å²) in [5.41, 5.74) is 1.85. The van der Waals surface area contributed by atoms with Crippen molar-refractivity contribution < 1.29 is 31.1 Å². The molecule has 1 saturated carbocycles. The van der Waals surface area contributed by atoms with Crippen molar-refractivity contribution in [2.24, 2.45) is 0 Å². The van der Waals surface area contributed by atoms with E-state index in [0.29, 0.717) is 47.0 Å². The highest BCUT2D eigenvalue weighted by atomic mass is 32.2. The number of amides is 1. The zero-order valence-corrected chi connectivity index (χ0v) is 24.9. The topological polar surface area (TPSA) is 118 Å². The van der Waals surface area contributed by atoms with Gasteiger partial charge in [0.05, 0.1) is 5.52 Å². The van der Waals surface area contributed by atoms with E-state index < -0.39 is 38.3 Å². The molecule has 3 heterocycles. The molecule has 2 fully saturated rings. The molecule has 1 N–H and O–H groups in total. The van der Waals surface area contributed by atoms with Crippen LogP contribution < -0.4 is 14.4 Å². The number of anilines is 2. The van der Waals surface area contributed by atoms with E-state index in [4.69, 9.17) is 4.74 Å². The van der Waals surface area contributed by atoms with Crippen LogP contribution in [-0.2, 0) is 14.8 Å². The first kappa shape index (κ1) is 30.3. The zero-order chi connectivity index (χ0) is 31.7. The fourth-order valence-corrected chi connectivity index (χ4v) is 6.71. The molecule has 14 heteroatoms. The molecule has 234 valence electrons. The van der Waals surface area contributed by atoms with Gasteiger partial charge in [0.2, 0.25) is 5.88 Å². The smallest absolute Gasteiger partial charge is 0.282 e. The minimum Gasteiger partial charge on any atom is -0.473 e. The number of piperazine rings is 1. The third-order valence-corrected chi connectivity index (χ3v) is 9.30. The van der Waals surface area contributed by atoms with Crippen LogP contribution in [0.25, 0.3) is 22.0 Å². The first-order chi connectivity index (χ1) is 21.6. The van der Waals surface area contributed by atoms with Gasteiger partial charge < -0.3 is 14.5 Å². The third kappa shape index (κ3) is 6.41. The van der Waals surface area contributed by atoms with E-state index in [1.54, 1.807) is 24.4 Å². The molecule has 1 aliphatic carbocycles. The van der Waals surface area contributed by atoms with Crippen LogP contribution in [0.1, 0.15) is 25.7 Å². The summed E-state index contributed by atoms with van der Waals surface area (Å²) in [5.74, 6) is -3.20. The van der Waals surface area contributed by atoms with Crippen molar-refractivity contribution in [2.75, 3.05) is 35.8 Å². The Morgan fingerprint density at radius 2 is 1.71 bits per heavy atom. The highest BCUT2D eigenvalue weighted by Gasteiger charge is 2.26. The van der Waals surface area contributed by atoms with E-state index in [1.807, 2.05) is 11.0 Å². The van der Waals surface area contributed by atoms with Gasteiger partial charge in [0.15, 0.2) is 5.83 Å². The van der Waals surface area contributed by atoms with Crippen molar-refractivity contribution in [3.8, 4) is 17.0 Å². The van der Waals surface area contributed by atoms with Crippen LogP contribution in [0.2, 0.25) is 0 Å². The summed E-state index contributed by atoms with van der Waals surface area (Å²) < 4.78 is 76.3. The summed E-state index contributed by atoms with van der Waals surface area (Å²) in [6.07, 6.45) is 6.38. The highest BCUT2D eigenvalue weighted by molar-refractivity contribution is 7.92. The Balaban J connectivity index is 1.34. The standard InChI is InChI=1S/C31H29F3N6O4S/c1-19(32)31(41)40-12-10-39(11-13-40)29-24-14-20(6-8-26(24)36-18-37-29)21-15-27(30(35-17-21)44-23-4-2-3-5-23)38-45(42,43)28-9-7-22(33)16-25(28)34/h6-9,14-18,23,38H,1-5,10-13H2. The molecule has 1 saturated heterocycles. The van der Waals surface area contributed by atoms with Crippen LogP contribution in [0.3, 0.4) is 0 Å². The largest absolute Gasteiger partial charge is 0.473 e. The fraction of sp³-hybridized carbons (Fsp3) is 0.290. The number of pyridine rings is 1. The van der Waals surface area contributed by atoms with Gasteiger partial charge in [-0.2, -0.15) is 0 Å². The predicted molar refractivity (Wildman–Crippen MR) is 162 cm³/mol. The number of halogens is 3. The lowest BCUT2D eigenvalue weighted by Crippen LogP contribution is -2.49. The molecule has 6 rings (SSSR count). The third-order valence-electron chi connectivity index (χ3n) is 7.91. The minimum atomic E-state index is -4.48. The number of aromatic nitrogens is 3. The Hall–Kier alpha value is -4.72. The van der Waals surface area contributed by atoms with Crippen LogP contribution in [0, 0.1) is 11.6 Å². The van der Waals surface area contributed by atoms with Crippen LogP contribution in [0.5, 0.6) is 5.88 Å². The number of hydrogen-bond donors (Lipinski definition) is 1. The molecule has 10 nitrogen and oxygen atoms in total. The van der Waals surface area contributed by atoms with Gasteiger partial charge >= 0.3 is 0 Å². The predicted octanol–water partition coefficient (Wildman–Crippen LogP) is 5.22.